The summed E-state index contributed by atoms with van der Waals surface area (Å²) in [4.78, 5) is 3.75. The average molecular weight is 433 g/mol. The fraction of sp³-hybridized carbons (Fsp3) is 0.421. The molecular weight excluding hydrogens is 410 g/mol. The van der Waals surface area contributed by atoms with Gasteiger partial charge in [-0.25, -0.2) is 0 Å². The normalized spacial score (nSPS) is 12.5. The van der Waals surface area contributed by atoms with Crippen molar-refractivity contribution in [3.63, 3.8) is 0 Å². The van der Waals surface area contributed by atoms with E-state index in [1.54, 1.807) is 13.0 Å². The lowest BCUT2D eigenvalue weighted by atomic mass is 10.0. The predicted octanol–water partition coefficient (Wildman–Crippen LogP) is 5.57. The predicted molar refractivity (Wildman–Crippen MR) is 107 cm³/mol. The number of nitrogens with zero attached hydrogens (tertiary/aromatic N) is 1. The third-order valence-electron chi connectivity index (χ3n) is 4.08. The average Bonchev–Trinajstić information content (AvgIpc) is 2.65. The van der Waals surface area contributed by atoms with Crippen LogP contribution in [0.5, 0.6) is 17.2 Å². The molecule has 0 radical (unpaired) electrons. The number of aromatic nitrogens is 1. The van der Waals surface area contributed by atoms with Crippen LogP contribution in [0.1, 0.15) is 32.3 Å². The number of phenolic OH excluding ortho intramolecular Hbond substituents is 1. The summed E-state index contributed by atoms with van der Waals surface area (Å²) < 4.78 is 30.4. The summed E-state index contributed by atoms with van der Waals surface area (Å²) in [5.41, 5.74) is 0.675. The van der Waals surface area contributed by atoms with Crippen molar-refractivity contribution < 1.29 is 23.7 Å². The second-order valence-electron chi connectivity index (χ2n) is 6.46. The Morgan fingerprint density at radius 3 is 2.32 bits per heavy atom. The van der Waals surface area contributed by atoms with Crippen LogP contribution in [0.15, 0.2) is 18.2 Å². The SMILES string of the molecule is COC(OC)C(C)Nc1nc(F)c(Cl)c(Oc2ccc(O)c(C(C)C)c2)c1Cl. The van der Waals surface area contributed by atoms with E-state index in [0.717, 1.165) is 0 Å². The third-order valence-corrected chi connectivity index (χ3v) is 4.75. The van der Waals surface area contributed by atoms with E-state index in [2.05, 4.69) is 10.3 Å². The molecule has 1 aromatic carbocycles. The first kappa shape index (κ1) is 22.5. The largest absolute Gasteiger partial charge is 0.508 e. The van der Waals surface area contributed by atoms with Crippen LogP contribution in [0.25, 0.3) is 0 Å². The Kier molecular flexibility index (Phi) is 7.71. The molecule has 2 aromatic rings. The number of hydrogen-bond acceptors (Lipinski definition) is 6. The molecule has 1 atom stereocenters. The van der Waals surface area contributed by atoms with Gasteiger partial charge in [-0.3, -0.25) is 0 Å². The summed E-state index contributed by atoms with van der Waals surface area (Å²) in [6.07, 6.45) is -0.605. The van der Waals surface area contributed by atoms with Crippen LogP contribution < -0.4 is 10.1 Å². The van der Waals surface area contributed by atoms with E-state index in [4.69, 9.17) is 37.4 Å². The first-order valence-electron chi connectivity index (χ1n) is 8.56. The first-order chi connectivity index (χ1) is 13.2. The Morgan fingerprint density at radius 2 is 1.75 bits per heavy atom. The van der Waals surface area contributed by atoms with Crippen LogP contribution in [0.4, 0.5) is 10.2 Å². The quantitative estimate of drug-likeness (QED) is 0.419. The first-order valence-corrected chi connectivity index (χ1v) is 9.32. The Labute approximate surface area is 173 Å². The van der Waals surface area contributed by atoms with Gasteiger partial charge in [0.05, 0.1) is 6.04 Å². The Balaban J connectivity index is 2.40. The molecule has 0 saturated carbocycles. The van der Waals surface area contributed by atoms with Crippen LogP contribution in [-0.4, -0.2) is 36.6 Å². The summed E-state index contributed by atoms with van der Waals surface area (Å²) in [5.74, 6) is -0.444. The molecule has 28 heavy (non-hydrogen) atoms. The molecule has 0 fully saturated rings. The zero-order valence-corrected chi connectivity index (χ0v) is 17.7. The minimum atomic E-state index is -0.940. The van der Waals surface area contributed by atoms with E-state index in [1.807, 2.05) is 13.8 Å². The van der Waals surface area contributed by atoms with Crippen molar-refractivity contribution in [1.82, 2.24) is 4.98 Å². The molecule has 2 rings (SSSR count). The zero-order valence-electron chi connectivity index (χ0n) is 16.2. The van der Waals surface area contributed by atoms with Gasteiger partial charge in [0.1, 0.15) is 21.5 Å². The van der Waals surface area contributed by atoms with E-state index in [9.17, 15) is 9.50 Å². The van der Waals surface area contributed by atoms with E-state index in [0.29, 0.717) is 11.3 Å². The number of anilines is 1. The molecule has 0 aliphatic carbocycles. The summed E-state index contributed by atoms with van der Waals surface area (Å²) in [6.45, 7) is 5.62. The fourth-order valence-corrected chi connectivity index (χ4v) is 3.10. The van der Waals surface area contributed by atoms with Crippen molar-refractivity contribution in [1.29, 1.82) is 0 Å². The van der Waals surface area contributed by atoms with Crippen molar-refractivity contribution in [2.75, 3.05) is 19.5 Å². The summed E-state index contributed by atoms with van der Waals surface area (Å²) in [7, 11) is 2.96. The number of methoxy groups -OCH3 is 2. The number of rotatable bonds is 8. The molecule has 1 unspecified atom stereocenters. The number of ether oxygens (including phenoxy) is 3. The molecule has 1 heterocycles. The van der Waals surface area contributed by atoms with Crippen LogP contribution in [0, 0.1) is 5.95 Å². The number of pyridine rings is 1. The molecule has 0 saturated heterocycles. The number of phenols is 1. The van der Waals surface area contributed by atoms with E-state index in [-0.39, 0.29) is 33.3 Å². The number of halogens is 3. The molecule has 2 N–H and O–H groups in total. The summed E-state index contributed by atoms with van der Waals surface area (Å²) >= 11 is 12.4. The molecule has 1 aromatic heterocycles. The van der Waals surface area contributed by atoms with Gasteiger partial charge in [-0.1, -0.05) is 37.0 Å². The minimum Gasteiger partial charge on any atom is -0.508 e. The van der Waals surface area contributed by atoms with Crippen LogP contribution >= 0.6 is 23.2 Å². The number of hydrogen-bond donors (Lipinski definition) is 2. The highest BCUT2D eigenvalue weighted by Gasteiger charge is 2.24. The van der Waals surface area contributed by atoms with Gasteiger partial charge in [-0.05, 0) is 31.0 Å². The molecule has 0 amide bonds. The number of benzene rings is 1. The molecule has 0 aliphatic rings. The Hall–Kier alpha value is -1.80. The van der Waals surface area contributed by atoms with Gasteiger partial charge in [0, 0.05) is 19.8 Å². The summed E-state index contributed by atoms with van der Waals surface area (Å²) in [6, 6.07) is 4.28. The van der Waals surface area contributed by atoms with Gasteiger partial charge in [-0.15, -0.1) is 0 Å². The lowest BCUT2D eigenvalue weighted by molar-refractivity contribution is -0.109. The van der Waals surface area contributed by atoms with Gasteiger partial charge in [0.15, 0.2) is 17.9 Å². The maximum absolute atomic E-state index is 14.3. The topological polar surface area (TPSA) is 72.8 Å². The van der Waals surface area contributed by atoms with E-state index < -0.39 is 18.3 Å². The number of nitrogens with one attached hydrogen (secondary N) is 1. The van der Waals surface area contributed by atoms with Gasteiger partial charge in [-0.2, -0.15) is 9.37 Å². The second-order valence-corrected chi connectivity index (χ2v) is 7.21. The van der Waals surface area contributed by atoms with Crippen molar-refractivity contribution in [2.45, 2.75) is 39.0 Å². The van der Waals surface area contributed by atoms with Crippen LogP contribution in [0.3, 0.4) is 0 Å². The van der Waals surface area contributed by atoms with E-state index in [1.165, 1.54) is 26.4 Å². The molecule has 154 valence electrons. The van der Waals surface area contributed by atoms with Crippen molar-refractivity contribution in [3.8, 4) is 17.2 Å². The summed E-state index contributed by atoms with van der Waals surface area (Å²) in [5, 5.41) is 12.5. The Bertz CT molecular complexity index is 832. The molecule has 6 nitrogen and oxygen atoms in total. The molecule has 0 spiro atoms. The lowest BCUT2D eigenvalue weighted by Crippen LogP contribution is -2.34. The molecule has 0 aliphatic heterocycles. The van der Waals surface area contributed by atoms with Gasteiger partial charge in [0.2, 0.25) is 5.95 Å². The highest BCUT2D eigenvalue weighted by atomic mass is 35.5. The Morgan fingerprint density at radius 1 is 1.11 bits per heavy atom. The smallest absolute Gasteiger partial charge is 0.237 e. The third kappa shape index (κ3) is 4.97. The maximum Gasteiger partial charge on any atom is 0.237 e. The second kappa shape index (κ2) is 9.60. The monoisotopic (exact) mass is 432 g/mol. The number of aromatic hydroxyl groups is 1. The molecular formula is C19H23Cl2FN2O4. The van der Waals surface area contributed by atoms with Crippen molar-refractivity contribution >= 4 is 29.0 Å². The molecule has 9 heteroatoms. The molecule has 0 bridgehead atoms. The van der Waals surface area contributed by atoms with Gasteiger partial charge < -0.3 is 24.6 Å². The fourth-order valence-electron chi connectivity index (χ4n) is 2.64. The highest BCUT2D eigenvalue weighted by molar-refractivity contribution is 6.38. The highest BCUT2D eigenvalue weighted by Crippen LogP contribution is 2.42. The maximum atomic E-state index is 14.3. The van der Waals surface area contributed by atoms with Crippen molar-refractivity contribution in [3.05, 3.63) is 39.8 Å². The zero-order chi connectivity index (χ0) is 21.0. The van der Waals surface area contributed by atoms with Crippen LogP contribution in [0.2, 0.25) is 10.0 Å². The van der Waals surface area contributed by atoms with Crippen LogP contribution in [-0.2, 0) is 9.47 Å². The lowest BCUT2D eigenvalue weighted by Gasteiger charge is -2.23. The van der Waals surface area contributed by atoms with Crippen molar-refractivity contribution in [2.24, 2.45) is 0 Å². The standard InChI is InChI=1S/C19H23Cl2FN2O4/c1-9(2)12-8-11(6-7-13(12)25)28-16-14(20)17(22)24-18(15(16)21)23-10(3)19(26-4)27-5/h6-10,19,25H,1-5H3,(H,23,24). The van der Waals surface area contributed by atoms with E-state index >= 15 is 0 Å². The minimum absolute atomic E-state index is 0.00313. The van der Waals surface area contributed by atoms with Gasteiger partial charge in [0.25, 0.3) is 0 Å². The van der Waals surface area contributed by atoms with Gasteiger partial charge >= 0.3 is 0 Å².